The van der Waals surface area contributed by atoms with Crippen LogP contribution < -0.4 is 5.32 Å². The van der Waals surface area contributed by atoms with Gasteiger partial charge in [-0.2, -0.15) is 0 Å². The first-order valence-corrected chi connectivity index (χ1v) is 10.5. The van der Waals surface area contributed by atoms with Crippen molar-refractivity contribution in [1.29, 1.82) is 0 Å². The van der Waals surface area contributed by atoms with Gasteiger partial charge in [-0.15, -0.1) is 0 Å². The lowest BCUT2D eigenvalue weighted by atomic mass is 9.99. The van der Waals surface area contributed by atoms with Crippen LogP contribution in [0.15, 0.2) is 42.6 Å². The minimum atomic E-state index is -0.196. The molecule has 1 atom stereocenters. The summed E-state index contributed by atoms with van der Waals surface area (Å²) < 4.78 is 2.18. The van der Waals surface area contributed by atoms with E-state index in [2.05, 4.69) is 9.88 Å². The Kier molecular flexibility index (Phi) is 6.85. The van der Waals surface area contributed by atoms with Gasteiger partial charge in [-0.1, -0.05) is 37.6 Å². The van der Waals surface area contributed by atoms with Gasteiger partial charge < -0.3 is 19.7 Å². The molecular weight excluding hydrogens is 388 g/mol. The number of carbonyl (C=O) groups is 2. The van der Waals surface area contributed by atoms with E-state index >= 15 is 0 Å². The molecule has 29 heavy (non-hydrogen) atoms. The van der Waals surface area contributed by atoms with E-state index in [9.17, 15) is 9.59 Å². The van der Waals surface area contributed by atoms with Crippen molar-refractivity contribution in [2.75, 3.05) is 26.2 Å². The fraction of sp³-hybridized carbons (Fsp3) is 0.455. The lowest BCUT2D eigenvalue weighted by molar-refractivity contribution is -0.134. The molecule has 2 heterocycles. The van der Waals surface area contributed by atoms with Crippen LogP contribution in [0.3, 0.4) is 0 Å². The number of carbonyl (C=O) groups excluding carboxylic acids is 2. The van der Waals surface area contributed by atoms with E-state index in [1.165, 1.54) is 0 Å². The Morgan fingerprint density at radius 2 is 1.93 bits per heavy atom. The number of benzene rings is 1. The van der Waals surface area contributed by atoms with Crippen LogP contribution in [0.4, 0.5) is 4.79 Å². The van der Waals surface area contributed by atoms with Crippen LogP contribution in [-0.2, 0) is 11.3 Å². The van der Waals surface area contributed by atoms with Crippen molar-refractivity contribution in [2.45, 2.75) is 33.4 Å². The zero-order valence-corrected chi connectivity index (χ0v) is 18.0. The quantitative estimate of drug-likeness (QED) is 0.779. The number of amides is 3. The zero-order valence-electron chi connectivity index (χ0n) is 17.3. The molecule has 0 spiro atoms. The third kappa shape index (κ3) is 4.93. The Morgan fingerprint density at radius 1 is 1.21 bits per heavy atom. The lowest BCUT2D eigenvalue weighted by Crippen LogP contribution is -2.50. The predicted molar refractivity (Wildman–Crippen MR) is 115 cm³/mol. The topological polar surface area (TPSA) is 57.6 Å². The van der Waals surface area contributed by atoms with E-state index in [-0.39, 0.29) is 30.4 Å². The summed E-state index contributed by atoms with van der Waals surface area (Å²) in [5, 5.41) is 3.48. The molecule has 156 valence electrons. The van der Waals surface area contributed by atoms with Gasteiger partial charge in [-0.3, -0.25) is 4.79 Å². The zero-order chi connectivity index (χ0) is 21.0. The maximum absolute atomic E-state index is 13.3. The molecule has 1 N–H and O–H groups in total. The Hall–Kier alpha value is -2.47. The molecule has 1 aromatic heterocycles. The first kappa shape index (κ1) is 21.2. The number of hydrogen-bond donors (Lipinski definition) is 1. The number of urea groups is 1. The van der Waals surface area contributed by atoms with Crippen molar-refractivity contribution >= 4 is 23.5 Å². The fourth-order valence-electron chi connectivity index (χ4n) is 3.83. The van der Waals surface area contributed by atoms with Crippen molar-refractivity contribution < 1.29 is 9.59 Å². The van der Waals surface area contributed by atoms with Gasteiger partial charge >= 0.3 is 6.03 Å². The van der Waals surface area contributed by atoms with Crippen molar-refractivity contribution in [2.24, 2.45) is 5.92 Å². The van der Waals surface area contributed by atoms with Gasteiger partial charge in [0.2, 0.25) is 5.91 Å². The molecule has 0 bridgehead atoms. The highest BCUT2D eigenvalue weighted by atomic mass is 35.5. The van der Waals surface area contributed by atoms with Crippen molar-refractivity contribution in [3.05, 3.63) is 58.9 Å². The molecule has 0 aliphatic carbocycles. The number of rotatable bonds is 6. The third-order valence-corrected chi connectivity index (χ3v) is 5.32. The van der Waals surface area contributed by atoms with Crippen LogP contribution in [0.1, 0.15) is 38.1 Å². The Bertz CT molecular complexity index is 847. The number of aromatic nitrogens is 1. The predicted octanol–water partition coefficient (Wildman–Crippen LogP) is 3.76. The second kappa shape index (κ2) is 9.35. The van der Waals surface area contributed by atoms with Gasteiger partial charge in [-0.05, 0) is 42.7 Å². The van der Waals surface area contributed by atoms with Crippen LogP contribution in [0.2, 0.25) is 5.02 Å². The van der Waals surface area contributed by atoms with E-state index < -0.39 is 0 Å². The van der Waals surface area contributed by atoms with E-state index in [1.807, 2.05) is 68.3 Å². The van der Waals surface area contributed by atoms with E-state index in [4.69, 9.17) is 11.6 Å². The first-order chi connectivity index (χ1) is 13.9. The largest absolute Gasteiger partial charge is 0.348 e. The monoisotopic (exact) mass is 416 g/mol. The Morgan fingerprint density at radius 3 is 2.59 bits per heavy atom. The molecular formula is C22H29ClN4O2. The summed E-state index contributed by atoms with van der Waals surface area (Å²) in [6.45, 7) is 8.43. The molecule has 2 aromatic rings. The minimum absolute atomic E-state index is 0.0516. The highest BCUT2D eigenvalue weighted by Crippen LogP contribution is 2.33. The summed E-state index contributed by atoms with van der Waals surface area (Å²) in [6.07, 6.45) is 2.04. The summed E-state index contributed by atoms with van der Waals surface area (Å²) in [4.78, 5) is 29.3. The highest BCUT2D eigenvalue weighted by molar-refractivity contribution is 6.30. The van der Waals surface area contributed by atoms with Gasteiger partial charge in [0.25, 0.3) is 0 Å². The SMILES string of the molecule is CCNC(=O)N(CC(=O)N1CCn2cccc2[C@H]1c1ccc(Cl)cc1)CC(C)C. The summed E-state index contributed by atoms with van der Waals surface area (Å²) >= 11 is 6.07. The Labute approximate surface area is 177 Å². The second-order valence-electron chi connectivity index (χ2n) is 7.78. The number of halogens is 1. The van der Waals surface area contributed by atoms with Crippen molar-refractivity contribution in [3.63, 3.8) is 0 Å². The number of nitrogens with one attached hydrogen (secondary N) is 1. The van der Waals surface area contributed by atoms with Gasteiger partial charge in [0.1, 0.15) is 6.54 Å². The molecule has 3 amide bonds. The van der Waals surface area contributed by atoms with Crippen LogP contribution in [0.5, 0.6) is 0 Å². The molecule has 3 rings (SSSR count). The molecule has 1 aliphatic heterocycles. The molecule has 0 saturated carbocycles. The highest BCUT2D eigenvalue weighted by Gasteiger charge is 2.33. The van der Waals surface area contributed by atoms with E-state index in [1.54, 1.807) is 4.90 Å². The maximum atomic E-state index is 13.3. The summed E-state index contributed by atoms with van der Waals surface area (Å²) in [5.41, 5.74) is 2.08. The molecule has 1 aromatic carbocycles. The molecule has 7 heteroatoms. The minimum Gasteiger partial charge on any atom is -0.348 e. The normalized spacial score (nSPS) is 15.9. The van der Waals surface area contributed by atoms with E-state index in [0.717, 1.165) is 17.8 Å². The summed E-state index contributed by atoms with van der Waals surface area (Å²) in [6, 6.07) is 11.3. The van der Waals surface area contributed by atoms with Crippen LogP contribution in [0.25, 0.3) is 0 Å². The standard InChI is InChI=1S/C22H29ClN4O2/c1-4-24-22(29)26(14-16(2)3)15-20(28)27-13-12-25-11-5-6-19(25)21(27)17-7-9-18(23)10-8-17/h5-11,16,21H,4,12-15H2,1-3H3,(H,24,29)/t21-/m1/s1. The number of fused-ring (bicyclic) bond motifs is 1. The molecule has 0 fully saturated rings. The molecule has 1 aliphatic rings. The van der Waals surface area contributed by atoms with Crippen LogP contribution in [-0.4, -0.2) is 52.5 Å². The van der Waals surface area contributed by atoms with Crippen molar-refractivity contribution in [1.82, 2.24) is 19.7 Å². The molecule has 0 saturated heterocycles. The van der Waals surface area contributed by atoms with Gasteiger partial charge in [0.15, 0.2) is 0 Å². The average molecular weight is 417 g/mol. The van der Waals surface area contributed by atoms with E-state index in [0.29, 0.717) is 24.7 Å². The number of nitrogens with zero attached hydrogens (tertiary/aromatic N) is 3. The van der Waals surface area contributed by atoms with Gasteiger partial charge in [-0.25, -0.2) is 4.79 Å². The second-order valence-corrected chi connectivity index (χ2v) is 8.21. The molecule has 6 nitrogen and oxygen atoms in total. The Balaban J connectivity index is 1.87. The summed E-state index contributed by atoms with van der Waals surface area (Å²) in [5.74, 6) is 0.223. The summed E-state index contributed by atoms with van der Waals surface area (Å²) in [7, 11) is 0. The lowest BCUT2D eigenvalue weighted by Gasteiger charge is -2.38. The van der Waals surface area contributed by atoms with Gasteiger partial charge in [0.05, 0.1) is 6.04 Å². The smallest absolute Gasteiger partial charge is 0.317 e. The van der Waals surface area contributed by atoms with Crippen molar-refractivity contribution in [3.8, 4) is 0 Å². The van der Waals surface area contributed by atoms with Crippen LogP contribution in [0, 0.1) is 5.92 Å². The number of hydrogen-bond acceptors (Lipinski definition) is 2. The maximum Gasteiger partial charge on any atom is 0.317 e. The fourth-order valence-corrected chi connectivity index (χ4v) is 3.95. The van der Waals surface area contributed by atoms with Gasteiger partial charge in [0, 0.05) is 43.1 Å². The first-order valence-electron chi connectivity index (χ1n) is 10.1. The van der Waals surface area contributed by atoms with Crippen LogP contribution >= 0.6 is 11.6 Å². The molecule has 0 unspecified atom stereocenters. The third-order valence-electron chi connectivity index (χ3n) is 5.07. The molecule has 0 radical (unpaired) electrons. The average Bonchev–Trinajstić information content (AvgIpc) is 3.16.